The van der Waals surface area contributed by atoms with Crippen molar-refractivity contribution in [3.63, 3.8) is 0 Å². The van der Waals surface area contributed by atoms with Crippen molar-refractivity contribution in [3.8, 4) is 23.0 Å². The number of carbonyl (C=O) groups is 1. The van der Waals surface area contributed by atoms with Crippen LogP contribution in [0.4, 0.5) is 4.79 Å². The van der Waals surface area contributed by atoms with Gasteiger partial charge >= 0.3 is 6.09 Å². The minimum absolute atomic E-state index is 0.219. The molecule has 0 saturated carbocycles. The van der Waals surface area contributed by atoms with Crippen molar-refractivity contribution in [2.24, 2.45) is 0 Å². The topological polar surface area (TPSA) is 32.8 Å². The first kappa shape index (κ1) is 18.8. The van der Waals surface area contributed by atoms with Crippen LogP contribution in [0.1, 0.15) is 11.8 Å². The molecule has 0 spiro atoms. The summed E-state index contributed by atoms with van der Waals surface area (Å²) in [6.07, 6.45) is -0.219. The maximum atomic E-state index is 11.7. The molecular weight excluding hydrogens is 368 g/mol. The summed E-state index contributed by atoms with van der Waals surface area (Å²) in [5, 5.41) is 2.78. The van der Waals surface area contributed by atoms with Gasteiger partial charge in [-0.25, -0.2) is 4.79 Å². The average Bonchev–Trinajstić information content (AvgIpc) is 3.11. The molecule has 0 bridgehead atoms. The van der Waals surface area contributed by atoms with Gasteiger partial charge in [-0.05, 0) is 36.1 Å². The Labute approximate surface area is 163 Å². The summed E-state index contributed by atoms with van der Waals surface area (Å²) >= 11 is 7.74. The van der Waals surface area contributed by atoms with E-state index in [4.69, 9.17) is 16.3 Å². The zero-order valence-electron chi connectivity index (χ0n) is 14.7. The van der Waals surface area contributed by atoms with E-state index >= 15 is 0 Å². The van der Waals surface area contributed by atoms with E-state index in [-0.39, 0.29) is 6.09 Å². The first-order valence-electron chi connectivity index (χ1n) is 8.63. The molecule has 1 fully saturated rings. The number of hydrogen-bond acceptors (Lipinski definition) is 4. The molecule has 2 aromatic rings. The number of nitrogens with zero attached hydrogens (tertiary/aromatic N) is 2. The highest BCUT2D eigenvalue weighted by Crippen LogP contribution is 2.29. The Hall–Kier alpha value is -2.00. The lowest BCUT2D eigenvalue weighted by Gasteiger charge is -2.32. The molecule has 4 nitrogen and oxygen atoms in total. The van der Waals surface area contributed by atoms with Crippen molar-refractivity contribution in [1.82, 2.24) is 9.80 Å². The first-order valence-corrected chi connectivity index (χ1v) is 9.89. The molecular formula is C20H21ClN2O2S. The average molecular weight is 389 g/mol. The summed E-state index contributed by atoms with van der Waals surface area (Å²) in [4.78, 5) is 16.8. The van der Waals surface area contributed by atoms with Gasteiger partial charge in [0.2, 0.25) is 0 Å². The number of piperazine rings is 1. The van der Waals surface area contributed by atoms with Crippen LogP contribution >= 0.6 is 22.9 Å². The second kappa shape index (κ2) is 9.09. The first-order chi connectivity index (χ1) is 12.7. The molecule has 1 aromatic carbocycles. The van der Waals surface area contributed by atoms with Gasteiger partial charge in [0.25, 0.3) is 0 Å². The second-order valence-electron chi connectivity index (χ2n) is 5.94. The number of amides is 1. The van der Waals surface area contributed by atoms with E-state index in [1.807, 2.05) is 31.2 Å². The van der Waals surface area contributed by atoms with E-state index in [1.54, 1.807) is 16.2 Å². The molecule has 2 heterocycles. The molecule has 26 heavy (non-hydrogen) atoms. The largest absolute Gasteiger partial charge is 0.450 e. The molecule has 6 heteroatoms. The van der Waals surface area contributed by atoms with Crippen LogP contribution < -0.4 is 0 Å². The van der Waals surface area contributed by atoms with Gasteiger partial charge in [-0.3, -0.25) is 4.90 Å². The smallest absolute Gasteiger partial charge is 0.409 e. The number of hydrogen-bond donors (Lipinski definition) is 0. The fourth-order valence-corrected chi connectivity index (χ4v) is 3.80. The van der Waals surface area contributed by atoms with E-state index in [0.29, 0.717) is 26.2 Å². The summed E-state index contributed by atoms with van der Waals surface area (Å²) < 4.78 is 5.04. The lowest BCUT2D eigenvalue weighted by atomic mass is 10.1. The van der Waals surface area contributed by atoms with Gasteiger partial charge in [-0.15, -0.1) is 11.3 Å². The molecule has 1 aliphatic heterocycles. The third-order valence-electron chi connectivity index (χ3n) is 4.20. The minimum Gasteiger partial charge on any atom is -0.450 e. The van der Waals surface area contributed by atoms with Gasteiger partial charge in [0, 0.05) is 36.8 Å². The van der Waals surface area contributed by atoms with Gasteiger partial charge < -0.3 is 9.64 Å². The highest BCUT2D eigenvalue weighted by molar-refractivity contribution is 7.11. The standard InChI is InChI=1S/C20H21ClN2O2S/c1-2-25-20(24)23-12-10-22(11-13-23)9-4-7-19-18(8-14-26-19)16-5-3-6-17(21)15-16/h3,5-6,8,14-15H,2,9-13H2,1H3. The van der Waals surface area contributed by atoms with Crippen molar-refractivity contribution in [2.75, 3.05) is 39.3 Å². The Kier molecular flexibility index (Phi) is 6.56. The summed E-state index contributed by atoms with van der Waals surface area (Å²) in [7, 11) is 0. The zero-order valence-corrected chi connectivity index (χ0v) is 16.3. The molecule has 1 aromatic heterocycles. The predicted octanol–water partition coefficient (Wildman–Crippen LogP) is 4.19. The number of thiophene rings is 1. The van der Waals surface area contributed by atoms with E-state index < -0.39 is 0 Å². The van der Waals surface area contributed by atoms with Crippen LogP contribution in [0.15, 0.2) is 35.7 Å². The van der Waals surface area contributed by atoms with Gasteiger partial charge in [0.05, 0.1) is 18.0 Å². The SMILES string of the molecule is CCOC(=O)N1CCN(CC#Cc2sccc2-c2cccc(Cl)c2)CC1. The Morgan fingerprint density at radius 2 is 2.08 bits per heavy atom. The number of benzene rings is 1. The normalized spacial score (nSPS) is 14.6. The van der Waals surface area contributed by atoms with Crippen molar-refractivity contribution >= 4 is 29.0 Å². The van der Waals surface area contributed by atoms with Gasteiger partial charge in [-0.1, -0.05) is 35.6 Å². The van der Waals surface area contributed by atoms with E-state index in [9.17, 15) is 4.79 Å². The Morgan fingerprint density at radius 1 is 1.27 bits per heavy atom. The molecule has 3 rings (SSSR count). The van der Waals surface area contributed by atoms with Crippen LogP contribution in [0.2, 0.25) is 5.02 Å². The van der Waals surface area contributed by atoms with Crippen LogP contribution in [-0.2, 0) is 4.74 Å². The second-order valence-corrected chi connectivity index (χ2v) is 7.29. The van der Waals surface area contributed by atoms with E-state index in [1.165, 1.54) is 0 Å². The lowest BCUT2D eigenvalue weighted by Crippen LogP contribution is -2.48. The van der Waals surface area contributed by atoms with Crippen molar-refractivity contribution in [1.29, 1.82) is 0 Å². The van der Waals surface area contributed by atoms with Gasteiger partial charge in [0.1, 0.15) is 0 Å². The lowest BCUT2D eigenvalue weighted by molar-refractivity contribution is 0.0829. The van der Waals surface area contributed by atoms with E-state index in [0.717, 1.165) is 34.1 Å². The van der Waals surface area contributed by atoms with Crippen LogP contribution in [0, 0.1) is 11.8 Å². The fourth-order valence-electron chi connectivity index (χ4n) is 2.82. The zero-order chi connectivity index (χ0) is 18.4. The monoisotopic (exact) mass is 388 g/mol. The molecule has 0 aliphatic carbocycles. The predicted molar refractivity (Wildman–Crippen MR) is 107 cm³/mol. The third-order valence-corrected chi connectivity index (χ3v) is 5.27. The van der Waals surface area contributed by atoms with Crippen LogP contribution in [0.3, 0.4) is 0 Å². The highest BCUT2D eigenvalue weighted by Gasteiger charge is 2.21. The van der Waals surface area contributed by atoms with Gasteiger partial charge in [0.15, 0.2) is 0 Å². The highest BCUT2D eigenvalue weighted by atomic mass is 35.5. The third kappa shape index (κ3) is 4.79. The summed E-state index contributed by atoms with van der Waals surface area (Å²) in [5.41, 5.74) is 2.21. The number of halogens is 1. The van der Waals surface area contributed by atoms with Crippen LogP contribution in [0.25, 0.3) is 11.1 Å². The number of rotatable bonds is 3. The Bertz CT molecular complexity index is 816. The van der Waals surface area contributed by atoms with Gasteiger partial charge in [-0.2, -0.15) is 0 Å². The Balaban J connectivity index is 1.57. The summed E-state index contributed by atoms with van der Waals surface area (Å²) in [6, 6.07) is 9.92. The number of carbonyl (C=O) groups excluding carboxylic acids is 1. The van der Waals surface area contributed by atoms with E-state index in [2.05, 4.69) is 28.2 Å². The van der Waals surface area contributed by atoms with Crippen molar-refractivity contribution in [3.05, 3.63) is 45.6 Å². The quantitative estimate of drug-likeness (QED) is 0.739. The maximum absolute atomic E-state index is 11.7. The Morgan fingerprint density at radius 3 is 2.81 bits per heavy atom. The summed E-state index contributed by atoms with van der Waals surface area (Å²) in [6.45, 7) is 5.95. The number of ether oxygens (including phenoxy) is 1. The van der Waals surface area contributed by atoms with Crippen molar-refractivity contribution < 1.29 is 9.53 Å². The minimum atomic E-state index is -0.219. The molecule has 0 unspecified atom stereocenters. The molecule has 1 amide bonds. The summed E-state index contributed by atoms with van der Waals surface area (Å²) in [5.74, 6) is 6.56. The molecule has 0 radical (unpaired) electrons. The van der Waals surface area contributed by atoms with Crippen LogP contribution in [-0.4, -0.2) is 55.2 Å². The fraction of sp³-hybridized carbons (Fsp3) is 0.350. The van der Waals surface area contributed by atoms with Crippen molar-refractivity contribution in [2.45, 2.75) is 6.92 Å². The molecule has 0 atom stereocenters. The molecule has 0 N–H and O–H groups in total. The molecule has 1 saturated heterocycles. The maximum Gasteiger partial charge on any atom is 0.409 e. The van der Waals surface area contributed by atoms with Crippen LogP contribution in [0.5, 0.6) is 0 Å². The molecule has 136 valence electrons. The molecule has 1 aliphatic rings.